The molecule has 1 heterocycles. The van der Waals surface area contributed by atoms with Gasteiger partial charge in [-0.15, -0.1) is 11.8 Å². The molecule has 3 aromatic rings. The molecule has 2 atom stereocenters. The molecule has 2 aromatic carbocycles. The number of aryl methyl sites for hydroxylation is 1. The number of thioether (sulfide) groups is 1. The summed E-state index contributed by atoms with van der Waals surface area (Å²) in [6, 6.07) is 17.1. The first-order valence-electron chi connectivity index (χ1n) is 14.5. The standard InChI is InChI=1S/C33H46O5S/c1-5-7-8-11-24-14-16-25(17-15-24)30-22-26-18-19-27(23-31(26)38-30)39-21-10-13-29(35)28(34)12-9-20-37-32(36)33(3,4)6-2/h14-19,22-23,28-29,34-35H,5-13,20-21H2,1-4H3. The van der Waals surface area contributed by atoms with Crippen LogP contribution >= 0.6 is 11.8 Å². The van der Waals surface area contributed by atoms with E-state index in [1.807, 2.05) is 20.8 Å². The molecule has 3 rings (SSSR count). The van der Waals surface area contributed by atoms with Crippen molar-refractivity contribution in [1.82, 2.24) is 0 Å². The second-order valence-corrected chi connectivity index (χ2v) is 12.3. The first kappa shape index (κ1) is 31.3. The Morgan fingerprint density at radius 1 is 0.949 bits per heavy atom. The van der Waals surface area contributed by atoms with Crippen LogP contribution in [0, 0.1) is 5.41 Å². The van der Waals surface area contributed by atoms with Crippen LogP contribution in [0.25, 0.3) is 22.3 Å². The average Bonchev–Trinajstić information content (AvgIpc) is 3.37. The van der Waals surface area contributed by atoms with E-state index in [0.29, 0.717) is 19.3 Å². The molecule has 6 heteroatoms. The van der Waals surface area contributed by atoms with Gasteiger partial charge in [-0.3, -0.25) is 4.79 Å². The van der Waals surface area contributed by atoms with Crippen LogP contribution in [-0.4, -0.2) is 40.8 Å². The lowest BCUT2D eigenvalue weighted by atomic mass is 9.91. The predicted octanol–water partition coefficient (Wildman–Crippen LogP) is 8.19. The van der Waals surface area contributed by atoms with Crippen LogP contribution in [0.3, 0.4) is 0 Å². The molecule has 39 heavy (non-hydrogen) atoms. The van der Waals surface area contributed by atoms with E-state index < -0.39 is 17.6 Å². The van der Waals surface area contributed by atoms with Crippen LogP contribution in [-0.2, 0) is 16.0 Å². The van der Waals surface area contributed by atoms with E-state index in [9.17, 15) is 15.0 Å². The van der Waals surface area contributed by atoms with Gasteiger partial charge in [0.2, 0.25) is 0 Å². The Labute approximate surface area is 238 Å². The molecule has 0 radical (unpaired) electrons. The number of furan rings is 1. The van der Waals surface area contributed by atoms with Crippen molar-refractivity contribution in [2.45, 2.75) is 103 Å². The van der Waals surface area contributed by atoms with Gasteiger partial charge >= 0.3 is 5.97 Å². The van der Waals surface area contributed by atoms with Gasteiger partial charge in [-0.2, -0.15) is 0 Å². The average molecular weight is 555 g/mol. The molecule has 0 amide bonds. The molecule has 0 fully saturated rings. The van der Waals surface area contributed by atoms with Crippen molar-refractivity contribution in [3.63, 3.8) is 0 Å². The lowest BCUT2D eigenvalue weighted by Gasteiger charge is -2.21. The van der Waals surface area contributed by atoms with Crippen molar-refractivity contribution < 1.29 is 24.2 Å². The number of rotatable bonds is 17. The van der Waals surface area contributed by atoms with E-state index >= 15 is 0 Å². The summed E-state index contributed by atoms with van der Waals surface area (Å²) in [6.07, 6.45) is 6.25. The molecule has 0 aliphatic carbocycles. The highest BCUT2D eigenvalue weighted by Gasteiger charge is 2.27. The highest BCUT2D eigenvalue weighted by atomic mass is 32.2. The van der Waals surface area contributed by atoms with Gasteiger partial charge < -0.3 is 19.4 Å². The van der Waals surface area contributed by atoms with E-state index in [2.05, 4.69) is 55.5 Å². The van der Waals surface area contributed by atoms with Gasteiger partial charge in [0.15, 0.2) is 0 Å². The Hall–Kier alpha value is -2.28. The zero-order chi connectivity index (χ0) is 28.3. The number of fused-ring (bicyclic) bond motifs is 1. The fourth-order valence-electron chi connectivity index (χ4n) is 4.32. The lowest BCUT2D eigenvalue weighted by Crippen LogP contribution is -2.28. The van der Waals surface area contributed by atoms with E-state index in [1.165, 1.54) is 24.8 Å². The number of aliphatic hydroxyl groups is 2. The minimum absolute atomic E-state index is 0.215. The fraction of sp³-hybridized carbons (Fsp3) is 0.545. The van der Waals surface area contributed by atoms with Crippen LogP contribution < -0.4 is 0 Å². The molecule has 1 aromatic heterocycles. The van der Waals surface area contributed by atoms with E-state index in [0.717, 1.165) is 52.2 Å². The second kappa shape index (κ2) is 15.5. The van der Waals surface area contributed by atoms with Gasteiger partial charge in [0, 0.05) is 15.8 Å². The van der Waals surface area contributed by atoms with Gasteiger partial charge in [-0.25, -0.2) is 0 Å². The predicted molar refractivity (Wildman–Crippen MR) is 161 cm³/mol. The molecule has 0 bridgehead atoms. The minimum Gasteiger partial charge on any atom is -0.465 e. The maximum atomic E-state index is 12.0. The summed E-state index contributed by atoms with van der Waals surface area (Å²) in [7, 11) is 0. The van der Waals surface area contributed by atoms with Crippen molar-refractivity contribution in [1.29, 1.82) is 0 Å². The van der Waals surface area contributed by atoms with Crippen LogP contribution in [0.1, 0.15) is 84.6 Å². The monoisotopic (exact) mass is 554 g/mol. The molecule has 5 nitrogen and oxygen atoms in total. The Kier molecular flexibility index (Phi) is 12.4. The molecule has 0 aliphatic rings. The third-order valence-electron chi connectivity index (χ3n) is 7.47. The fourth-order valence-corrected chi connectivity index (χ4v) is 5.22. The van der Waals surface area contributed by atoms with Crippen molar-refractivity contribution in [2.24, 2.45) is 5.41 Å². The molecule has 0 saturated carbocycles. The van der Waals surface area contributed by atoms with Crippen molar-refractivity contribution in [3.8, 4) is 11.3 Å². The van der Waals surface area contributed by atoms with Crippen LogP contribution in [0.15, 0.2) is 57.8 Å². The molecule has 0 saturated heterocycles. The van der Waals surface area contributed by atoms with E-state index in [1.54, 1.807) is 11.8 Å². The second-order valence-electron chi connectivity index (χ2n) is 11.1. The maximum absolute atomic E-state index is 12.0. The van der Waals surface area contributed by atoms with Gasteiger partial charge in [0.1, 0.15) is 11.3 Å². The number of aliphatic hydroxyl groups excluding tert-OH is 2. The van der Waals surface area contributed by atoms with Gasteiger partial charge in [-0.05, 0) is 94.4 Å². The Morgan fingerprint density at radius 2 is 1.67 bits per heavy atom. The van der Waals surface area contributed by atoms with Crippen molar-refractivity contribution >= 4 is 28.7 Å². The Bertz CT molecular complexity index is 1150. The third-order valence-corrected chi connectivity index (χ3v) is 8.55. The first-order chi connectivity index (χ1) is 18.7. The summed E-state index contributed by atoms with van der Waals surface area (Å²) in [5.74, 6) is 1.51. The van der Waals surface area contributed by atoms with E-state index in [4.69, 9.17) is 9.15 Å². The minimum atomic E-state index is -0.809. The summed E-state index contributed by atoms with van der Waals surface area (Å²) in [4.78, 5) is 13.1. The smallest absolute Gasteiger partial charge is 0.311 e. The number of benzene rings is 2. The third kappa shape index (κ3) is 9.70. The number of unbranched alkanes of at least 4 members (excludes halogenated alkanes) is 2. The first-order valence-corrected chi connectivity index (χ1v) is 15.5. The number of ether oxygens (including phenoxy) is 1. The summed E-state index contributed by atoms with van der Waals surface area (Å²) in [5.41, 5.74) is 2.85. The van der Waals surface area contributed by atoms with Crippen LogP contribution in [0.2, 0.25) is 0 Å². The number of hydrogen-bond acceptors (Lipinski definition) is 6. The molecular formula is C33H46O5S. The quantitative estimate of drug-likeness (QED) is 0.0995. The topological polar surface area (TPSA) is 79.9 Å². The van der Waals surface area contributed by atoms with Gasteiger partial charge in [0.25, 0.3) is 0 Å². The molecule has 2 N–H and O–H groups in total. The van der Waals surface area contributed by atoms with Gasteiger partial charge in [0.05, 0.1) is 24.2 Å². The molecular weight excluding hydrogens is 508 g/mol. The zero-order valence-corrected chi connectivity index (χ0v) is 24.9. The summed E-state index contributed by atoms with van der Waals surface area (Å²) >= 11 is 1.72. The highest BCUT2D eigenvalue weighted by molar-refractivity contribution is 7.99. The van der Waals surface area contributed by atoms with Crippen molar-refractivity contribution in [3.05, 3.63) is 54.1 Å². The Balaban J connectivity index is 1.39. The number of esters is 1. The number of carbonyl (C=O) groups excluding carboxylic acids is 1. The van der Waals surface area contributed by atoms with Crippen LogP contribution in [0.4, 0.5) is 0 Å². The summed E-state index contributed by atoms with van der Waals surface area (Å²) < 4.78 is 11.5. The lowest BCUT2D eigenvalue weighted by molar-refractivity contribution is -0.154. The molecule has 2 unspecified atom stereocenters. The zero-order valence-electron chi connectivity index (χ0n) is 24.1. The SMILES string of the molecule is CCCCCc1ccc(-c2cc3ccc(SCCCC(O)C(O)CCCOC(=O)C(C)(C)CC)cc3o2)cc1. The summed E-state index contributed by atoms with van der Waals surface area (Å²) in [5, 5.41) is 21.7. The van der Waals surface area contributed by atoms with Gasteiger partial charge in [-0.1, -0.05) is 51.0 Å². The molecule has 0 spiro atoms. The van der Waals surface area contributed by atoms with Crippen molar-refractivity contribution in [2.75, 3.05) is 12.4 Å². The largest absolute Gasteiger partial charge is 0.465 e. The maximum Gasteiger partial charge on any atom is 0.311 e. The number of hydrogen-bond donors (Lipinski definition) is 2. The van der Waals surface area contributed by atoms with E-state index in [-0.39, 0.29) is 12.6 Å². The number of carbonyl (C=O) groups is 1. The normalized spacial score (nSPS) is 13.5. The highest BCUT2D eigenvalue weighted by Crippen LogP contribution is 2.31. The Morgan fingerprint density at radius 3 is 2.36 bits per heavy atom. The molecule has 0 aliphatic heterocycles. The summed E-state index contributed by atoms with van der Waals surface area (Å²) in [6.45, 7) is 8.19. The van der Waals surface area contributed by atoms with Crippen LogP contribution in [0.5, 0.6) is 0 Å². The molecule has 214 valence electrons.